The third-order valence-corrected chi connectivity index (χ3v) is 4.27. The summed E-state index contributed by atoms with van der Waals surface area (Å²) in [6, 6.07) is 13.5. The fourth-order valence-corrected chi connectivity index (χ4v) is 2.58. The number of aryl methyl sites for hydroxylation is 1. The molecule has 106 valence electrons. The lowest BCUT2D eigenvalue weighted by atomic mass is 9.99. The maximum Gasteiger partial charge on any atom is 0.125 e. The molecule has 1 atom stereocenters. The van der Waals surface area contributed by atoms with Gasteiger partial charge in [-0.15, -0.1) is 0 Å². The Hall–Kier alpha value is -1.32. The molecule has 0 saturated heterocycles. The standard InChI is InChI=1S/C17H19BrO2/c1-3-11-20-15-10-5-4-8-13(15)17(19)14-9-6-7-12(2)16(14)18/h4-10,17,19H,3,11H2,1-2H3. The molecule has 0 bridgehead atoms. The van der Waals surface area contributed by atoms with Crippen LogP contribution in [0.25, 0.3) is 0 Å². The highest BCUT2D eigenvalue weighted by Crippen LogP contribution is 2.34. The zero-order valence-electron chi connectivity index (χ0n) is 11.8. The fraction of sp³-hybridized carbons (Fsp3) is 0.294. The average Bonchev–Trinajstić information content (AvgIpc) is 2.47. The largest absolute Gasteiger partial charge is 0.493 e. The highest BCUT2D eigenvalue weighted by molar-refractivity contribution is 9.10. The maximum absolute atomic E-state index is 10.7. The second-order valence-electron chi connectivity index (χ2n) is 4.77. The van der Waals surface area contributed by atoms with Crippen molar-refractivity contribution in [3.05, 3.63) is 63.6 Å². The Morgan fingerprint density at radius 2 is 1.80 bits per heavy atom. The van der Waals surface area contributed by atoms with Crippen molar-refractivity contribution in [1.29, 1.82) is 0 Å². The number of rotatable bonds is 5. The molecule has 20 heavy (non-hydrogen) atoms. The van der Waals surface area contributed by atoms with E-state index < -0.39 is 6.10 Å². The van der Waals surface area contributed by atoms with Crippen molar-refractivity contribution in [1.82, 2.24) is 0 Å². The highest BCUT2D eigenvalue weighted by Gasteiger charge is 2.18. The van der Waals surface area contributed by atoms with Gasteiger partial charge in [0.05, 0.1) is 6.61 Å². The van der Waals surface area contributed by atoms with Crippen LogP contribution < -0.4 is 4.74 Å². The Kier molecular flexibility index (Phi) is 5.21. The van der Waals surface area contributed by atoms with Crippen LogP contribution >= 0.6 is 15.9 Å². The van der Waals surface area contributed by atoms with E-state index in [4.69, 9.17) is 4.74 Å². The van der Waals surface area contributed by atoms with Gasteiger partial charge in [-0.05, 0) is 30.5 Å². The summed E-state index contributed by atoms with van der Waals surface area (Å²) in [5.74, 6) is 0.746. The molecule has 0 amide bonds. The molecule has 0 aliphatic carbocycles. The van der Waals surface area contributed by atoms with Crippen LogP contribution in [-0.4, -0.2) is 11.7 Å². The number of aliphatic hydroxyl groups excluding tert-OH is 1. The second-order valence-corrected chi connectivity index (χ2v) is 5.56. The summed E-state index contributed by atoms with van der Waals surface area (Å²) in [6.07, 6.45) is 0.246. The average molecular weight is 335 g/mol. The van der Waals surface area contributed by atoms with Gasteiger partial charge in [0.25, 0.3) is 0 Å². The van der Waals surface area contributed by atoms with Crippen LogP contribution in [0.3, 0.4) is 0 Å². The van der Waals surface area contributed by atoms with E-state index in [-0.39, 0.29) is 0 Å². The van der Waals surface area contributed by atoms with Crippen LogP contribution in [0.5, 0.6) is 5.75 Å². The van der Waals surface area contributed by atoms with Gasteiger partial charge in [-0.2, -0.15) is 0 Å². The van der Waals surface area contributed by atoms with Gasteiger partial charge >= 0.3 is 0 Å². The molecule has 0 fully saturated rings. The molecule has 1 unspecified atom stereocenters. The number of ether oxygens (including phenoxy) is 1. The first kappa shape index (κ1) is 15.1. The number of aliphatic hydroxyl groups is 1. The summed E-state index contributed by atoms with van der Waals surface area (Å²) in [5, 5.41) is 10.7. The van der Waals surface area contributed by atoms with Crippen LogP contribution in [-0.2, 0) is 0 Å². The molecule has 0 aromatic heterocycles. The lowest BCUT2D eigenvalue weighted by Gasteiger charge is -2.18. The molecule has 0 heterocycles. The summed E-state index contributed by atoms with van der Waals surface area (Å²) in [6.45, 7) is 4.73. The Morgan fingerprint density at radius 1 is 1.10 bits per heavy atom. The van der Waals surface area contributed by atoms with Crippen molar-refractivity contribution < 1.29 is 9.84 Å². The highest BCUT2D eigenvalue weighted by atomic mass is 79.9. The van der Waals surface area contributed by atoms with Crippen LogP contribution in [0.1, 0.15) is 36.1 Å². The van der Waals surface area contributed by atoms with Gasteiger partial charge in [0, 0.05) is 10.0 Å². The van der Waals surface area contributed by atoms with E-state index in [1.807, 2.05) is 49.4 Å². The molecule has 0 aliphatic rings. The Bertz CT molecular complexity index is 581. The SMILES string of the molecule is CCCOc1ccccc1C(O)c1cccc(C)c1Br. The van der Waals surface area contributed by atoms with Gasteiger partial charge in [-0.25, -0.2) is 0 Å². The van der Waals surface area contributed by atoms with Gasteiger partial charge in [-0.1, -0.05) is 59.3 Å². The van der Waals surface area contributed by atoms with Gasteiger partial charge in [0.1, 0.15) is 11.9 Å². The van der Waals surface area contributed by atoms with Crippen molar-refractivity contribution in [2.45, 2.75) is 26.4 Å². The first-order chi connectivity index (χ1) is 9.65. The molecule has 1 N–H and O–H groups in total. The smallest absolute Gasteiger partial charge is 0.125 e. The number of halogens is 1. The van der Waals surface area contributed by atoms with E-state index in [1.54, 1.807) is 0 Å². The van der Waals surface area contributed by atoms with Crippen LogP contribution in [0.15, 0.2) is 46.9 Å². The molecule has 2 aromatic rings. The first-order valence-electron chi connectivity index (χ1n) is 6.80. The number of benzene rings is 2. The first-order valence-corrected chi connectivity index (χ1v) is 7.59. The number of hydrogen-bond donors (Lipinski definition) is 1. The van der Waals surface area contributed by atoms with Gasteiger partial charge < -0.3 is 9.84 Å². The van der Waals surface area contributed by atoms with Crippen molar-refractivity contribution in [3.63, 3.8) is 0 Å². The van der Waals surface area contributed by atoms with E-state index in [0.717, 1.165) is 33.3 Å². The van der Waals surface area contributed by atoms with Crippen LogP contribution in [0.2, 0.25) is 0 Å². The molecule has 2 aromatic carbocycles. The van der Waals surface area contributed by atoms with E-state index >= 15 is 0 Å². The van der Waals surface area contributed by atoms with Crippen molar-refractivity contribution >= 4 is 15.9 Å². The second kappa shape index (κ2) is 6.91. The summed E-state index contributed by atoms with van der Waals surface area (Å²) >= 11 is 3.55. The molecule has 0 saturated carbocycles. The Morgan fingerprint density at radius 3 is 2.55 bits per heavy atom. The van der Waals surface area contributed by atoms with Crippen molar-refractivity contribution in [3.8, 4) is 5.75 Å². The topological polar surface area (TPSA) is 29.5 Å². The minimum atomic E-state index is -0.697. The van der Waals surface area contributed by atoms with E-state index in [2.05, 4.69) is 22.9 Å². The van der Waals surface area contributed by atoms with Crippen LogP contribution in [0, 0.1) is 6.92 Å². The van der Waals surface area contributed by atoms with Crippen molar-refractivity contribution in [2.24, 2.45) is 0 Å². The van der Waals surface area contributed by atoms with E-state index in [0.29, 0.717) is 6.61 Å². The lowest BCUT2D eigenvalue weighted by Crippen LogP contribution is -2.05. The molecule has 0 spiro atoms. The number of hydrogen-bond acceptors (Lipinski definition) is 2. The fourth-order valence-electron chi connectivity index (χ4n) is 2.10. The molecule has 2 rings (SSSR count). The zero-order chi connectivity index (χ0) is 14.5. The van der Waals surface area contributed by atoms with Crippen LogP contribution in [0.4, 0.5) is 0 Å². The number of para-hydroxylation sites is 1. The molecular formula is C17H19BrO2. The van der Waals surface area contributed by atoms with Gasteiger partial charge in [-0.3, -0.25) is 0 Å². The summed E-state index contributed by atoms with van der Waals surface area (Å²) in [4.78, 5) is 0. The normalized spacial score (nSPS) is 12.2. The minimum absolute atomic E-state index is 0.652. The maximum atomic E-state index is 10.7. The predicted molar refractivity (Wildman–Crippen MR) is 85.2 cm³/mol. The van der Waals surface area contributed by atoms with Gasteiger partial charge in [0.15, 0.2) is 0 Å². The quantitative estimate of drug-likeness (QED) is 0.863. The molecular weight excluding hydrogens is 316 g/mol. The molecule has 0 radical (unpaired) electrons. The minimum Gasteiger partial charge on any atom is -0.493 e. The van der Waals surface area contributed by atoms with E-state index in [1.165, 1.54) is 0 Å². The van der Waals surface area contributed by atoms with E-state index in [9.17, 15) is 5.11 Å². The summed E-state index contributed by atoms with van der Waals surface area (Å²) in [7, 11) is 0. The summed E-state index contributed by atoms with van der Waals surface area (Å²) < 4.78 is 6.67. The third kappa shape index (κ3) is 3.22. The molecule has 2 nitrogen and oxygen atoms in total. The lowest BCUT2D eigenvalue weighted by molar-refractivity contribution is 0.210. The molecule has 3 heteroatoms. The predicted octanol–water partition coefficient (Wildman–Crippen LogP) is 4.63. The zero-order valence-corrected chi connectivity index (χ0v) is 13.4. The van der Waals surface area contributed by atoms with Crippen molar-refractivity contribution in [2.75, 3.05) is 6.61 Å². The summed E-state index contributed by atoms with van der Waals surface area (Å²) in [5.41, 5.74) is 2.76. The monoisotopic (exact) mass is 334 g/mol. The Labute approximate surface area is 128 Å². The molecule has 0 aliphatic heterocycles. The Balaban J connectivity index is 2.38. The van der Waals surface area contributed by atoms with Gasteiger partial charge in [0.2, 0.25) is 0 Å². The third-order valence-electron chi connectivity index (χ3n) is 3.19.